The van der Waals surface area contributed by atoms with Crippen LogP contribution >= 0.6 is 0 Å². The molecule has 0 saturated carbocycles. The van der Waals surface area contributed by atoms with Gasteiger partial charge in [-0.3, -0.25) is 4.79 Å². The summed E-state index contributed by atoms with van der Waals surface area (Å²) in [5, 5.41) is 0. The Morgan fingerprint density at radius 1 is 1.28 bits per heavy atom. The Morgan fingerprint density at radius 3 is 3.00 bits per heavy atom. The molecule has 2 aliphatic heterocycles. The van der Waals surface area contributed by atoms with E-state index in [1.165, 1.54) is 0 Å². The van der Waals surface area contributed by atoms with Crippen molar-refractivity contribution >= 4 is 5.91 Å². The van der Waals surface area contributed by atoms with E-state index in [1.807, 2.05) is 29.2 Å². The number of carbonyl (C=O) groups is 1. The van der Waals surface area contributed by atoms with E-state index >= 15 is 0 Å². The first-order valence-electron chi connectivity index (χ1n) is 6.46. The van der Waals surface area contributed by atoms with Crippen LogP contribution < -0.4 is 4.74 Å². The maximum absolute atomic E-state index is 12.3. The quantitative estimate of drug-likeness (QED) is 0.756. The Hall–Kier alpha value is -1.55. The summed E-state index contributed by atoms with van der Waals surface area (Å²) in [6.07, 6.45) is 1.59. The summed E-state index contributed by atoms with van der Waals surface area (Å²) >= 11 is 0. The Morgan fingerprint density at radius 2 is 2.17 bits per heavy atom. The first kappa shape index (κ1) is 11.5. The maximum atomic E-state index is 12.3. The molecule has 1 aromatic carbocycles. The number of hydrogen-bond acceptors (Lipinski definition) is 3. The van der Waals surface area contributed by atoms with Crippen molar-refractivity contribution in [2.75, 3.05) is 19.8 Å². The van der Waals surface area contributed by atoms with E-state index < -0.39 is 0 Å². The molecule has 1 unspecified atom stereocenters. The zero-order valence-corrected chi connectivity index (χ0v) is 10.3. The number of hydrogen-bond donors (Lipinski definition) is 0. The number of rotatable bonds is 1. The number of fused-ring (bicyclic) bond motifs is 1. The Bertz CT molecular complexity index is 440. The molecule has 0 aromatic heterocycles. The molecule has 1 saturated heterocycles. The highest BCUT2D eigenvalue weighted by molar-refractivity contribution is 5.81. The van der Waals surface area contributed by atoms with E-state index in [1.54, 1.807) is 0 Å². The van der Waals surface area contributed by atoms with Gasteiger partial charge in [0.2, 0.25) is 0 Å². The molecule has 18 heavy (non-hydrogen) atoms. The lowest BCUT2D eigenvalue weighted by Crippen LogP contribution is -2.39. The van der Waals surface area contributed by atoms with E-state index in [0.717, 1.165) is 24.2 Å². The van der Waals surface area contributed by atoms with Crippen LogP contribution in [0, 0.1) is 0 Å². The number of carbonyl (C=O) groups excluding carboxylic acids is 1. The van der Waals surface area contributed by atoms with Crippen LogP contribution in [0.4, 0.5) is 0 Å². The van der Waals surface area contributed by atoms with Crippen LogP contribution in [0.1, 0.15) is 18.4 Å². The van der Waals surface area contributed by atoms with Crippen molar-refractivity contribution in [1.29, 1.82) is 0 Å². The molecule has 3 rings (SSSR count). The Kier molecular flexibility index (Phi) is 3.19. The smallest absolute Gasteiger partial charge is 0.252 e. The largest absolute Gasteiger partial charge is 0.491 e. The van der Waals surface area contributed by atoms with Gasteiger partial charge in [0.05, 0.1) is 6.54 Å². The molecule has 96 valence electrons. The van der Waals surface area contributed by atoms with Gasteiger partial charge in [-0.25, -0.2) is 0 Å². The van der Waals surface area contributed by atoms with Gasteiger partial charge in [-0.05, 0) is 18.9 Å². The van der Waals surface area contributed by atoms with E-state index in [9.17, 15) is 4.79 Å². The summed E-state index contributed by atoms with van der Waals surface area (Å²) in [5.74, 6) is 0.993. The van der Waals surface area contributed by atoms with Gasteiger partial charge in [-0.2, -0.15) is 0 Å². The fourth-order valence-corrected chi connectivity index (χ4v) is 2.49. The highest BCUT2D eigenvalue weighted by Gasteiger charge is 2.29. The second-order valence-electron chi connectivity index (χ2n) is 4.72. The van der Waals surface area contributed by atoms with Crippen LogP contribution in [0.3, 0.4) is 0 Å². The SMILES string of the molecule is O=C(C1CCCO1)N1CCOc2ccccc2C1. The lowest BCUT2D eigenvalue weighted by Gasteiger charge is -2.22. The average Bonchev–Trinajstić information content (AvgIpc) is 2.84. The lowest BCUT2D eigenvalue weighted by molar-refractivity contribution is -0.141. The summed E-state index contributed by atoms with van der Waals surface area (Å²) in [4.78, 5) is 14.2. The zero-order chi connectivity index (χ0) is 12.4. The molecule has 4 nitrogen and oxygen atoms in total. The van der Waals surface area contributed by atoms with Crippen molar-refractivity contribution in [3.8, 4) is 5.75 Å². The molecule has 0 N–H and O–H groups in total. The van der Waals surface area contributed by atoms with Crippen LogP contribution in [0.5, 0.6) is 5.75 Å². The lowest BCUT2D eigenvalue weighted by atomic mass is 10.1. The molecule has 1 atom stereocenters. The number of ether oxygens (including phenoxy) is 2. The van der Waals surface area contributed by atoms with Gasteiger partial charge in [0.1, 0.15) is 18.5 Å². The fourth-order valence-electron chi connectivity index (χ4n) is 2.49. The van der Waals surface area contributed by atoms with Crippen molar-refractivity contribution < 1.29 is 14.3 Å². The molecule has 0 spiro atoms. The van der Waals surface area contributed by atoms with E-state index in [-0.39, 0.29) is 12.0 Å². The average molecular weight is 247 g/mol. The van der Waals surface area contributed by atoms with Crippen LogP contribution in [0.25, 0.3) is 0 Å². The second kappa shape index (κ2) is 4.98. The van der Waals surface area contributed by atoms with Crippen molar-refractivity contribution in [1.82, 2.24) is 4.90 Å². The van der Waals surface area contributed by atoms with Crippen LogP contribution in [0.15, 0.2) is 24.3 Å². The molecule has 0 radical (unpaired) electrons. The third-order valence-electron chi connectivity index (χ3n) is 3.47. The van der Waals surface area contributed by atoms with Gasteiger partial charge in [0.15, 0.2) is 0 Å². The van der Waals surface area contributed by atoms with Gasteiger partial charge >= 0.3 is 0 Å². The summed E-state index contributed by atoms with van der Waals surface area (Å²) in [6.45, 7) is 2.51. The Balaban J connectivity index is 1.76. The molecule has 2 heterocycles. The third kappa shape index (κ3) is 2.20. The van der Waals surface area contributed by atoms with E-state index in [4.69, 9.17) is 9.47 Å². The minimum Gasteiger partial charge on any atom is -0.491 e. The number of nitrogens with zero attached hydrogens (tertiary/aromatic N) is 1. The third-order valence-corrected chi connectivity index (χ3v) is 3.47. The minimum absolute atomic E-state index is 0.104. The standard InChI is InChI=1S/C14H17NO3/c16-14(13-6-3-8-17-13)15-7-9-18-12-5-2-1-4-11(12)10-15/h1-2,4-5,13H,3,6-10H2. The van der Waals surface area contributed by atoms with E-state index in [2.05, 4.69) is 0 Å². The van der Waals surface area contributed by atoms with Gasteiger partial charge in [0.25, 0.3) is 5.91 Å². The molecule has 1 amide bonds. The van der Waals surface area contributed by atoms with Crippen LogP contribution in [-0.2, 0) is 16.1 Å². The fraction of sp³-hybridized carbons (Fsp3) is 0.500. The van der Waals surface area contributed by atoms with Gasteiger partial charge in [-0.15, -0.1) is 0 Å². The summed E-state index contributed by atoms with van der Waals surface area (Å²) in [5.41, 5.74) is 1.07. The van der Waals surface area contributed by atoms with Gasteiger partial charge < -0.3 is 14.4 Å². The van der Waals surface area contributed by atoms with Crippen LogP contribution in [0.2, 0.25) is 0 Å². The topological polar surface area (TPSA) is 38.8 Å². The molecule has 0 bridgehead atoms. The first-order valence-corrected chi connectivity index (χ1v) is 6.46. The maximum Gasteiger partial charge on any atom is 0.252 e. The van der Waals surface area contributed by atoms with Crippen LogP contribution in [-0.4, -0.2) is 36.7 Å². The van der Waals surface area contributed by atoms with Crippen molar-refractivity contribution in [3.63, 3.8) is 0 Å². The molecule has 1 fully saturated rings. The number of para-hydroxylation sites is 1. The van der Waals surface area contributed by atoms with Crippen molar-refractivity contribution in [2.45, 2.75) is 25.5 Å². The monoisotopic (exact) mass is 247 g/mol. The Labute approximate surface area is 106 Å². The summed E-state index contributed by atoms with van der Waals surface area (Å²) < 4.78 is 11.1. The predicted octanol–water partition coefficient (Wildman–Crippen LogP) is 1.59. The normalized spacial score (nSPS) is 23.1. The molecular formula is C14H17NO3. The number of amides is 1. The predicted molar refractivity (Wildman–Crippen MR) is 66.3 cm³/mol. The van der Waals surface area contributed by atoms with Crippen molar-refractivity contribution in [3.05, 3.63) is 29.8 Å². The van der Waals surface area contributed by atoms with Gasteiger partial charge in [0, 0.05) is 18.7 Å². The minimum atomic E-state index is -0.240. The molecule has 0 aliphatic carbocycles. The molecule has 2 aliphatic rings. The first-order chi connectivity index (χ1) is 8.84. The summed E-state index contributed by atoms with van der Waals surface area (Å²) in [7, 11) is 0. The molecule has 1 aromatic rings. The highest BCUT2D eigenvalue weighted by atomic mass is 16.5. The second-order valence-corrected chi connectivity index (χ2v) is 4.72. The highest BCUT2D eigenvalue weighted by Crippen LogP contribution is 2.24. The molecular weight excluding hydrogens is 230 g/mol. The van der Waals surface area contributed by atoms with Gasteiger partial charge in [-0.1, -0.05) is 18.2 Å². The zero-order valence-electron chi connectivity index (χ0n) is 10.3. The summed E-state index contributed by atoms with van der Waals surface area (Å²) in [6, 6.07) is 7.89. The van der Waals surface area contributed by atoms with E-state index in [0.29, 0.717) is 26.3 Å². The van der Waals surface area contributed by atoms with Crippen molar-refractivity contribution in [2.24, 2.45) is 0 Å². The number of benzene rings is 1. The molecule has 4 heteroatoms.